The number of hydrogen-bond acceptors (Lipinski definition) is 0. The number of allylic oxidation sites excluding steroid dienone is 2. The van der Waals surface area contributed by atoms with E-state index in [0.29, 0.717) is 0 Å². The molecule has 84 valence electrons. The van der Waals surface area contributed by atoms with Crippen LogP contribution in [0.4, 0.5) is 0 Å². The van der Waals surface area contributed by atoms with Gasteiger partial charge in [0.1, 0.15) is 0 Å². The van der Waals surface area contributed by atoms with Crippen molar-refractivity contribution in [3.63, 3.8) is 0 Å². The molecule has 3 rings (SSSR count). The zero-order valence-electron chi connectivity index (χ0n) is 10.4. The summed E-state index contributed by atoms with van der Waals surface area (Å²) in [7, 11) is 0. The highest BCUT2D eigenvalue weighted by molar-refractivity contribution is 5.28. The quantitative estimate of drug-likeness (QED) is 0.555. The van der Waals surface area contributed by atoms with E-state index < -0.39 is 0 Å². The van der Waals surface area contributed by atoms with E-state index in [2.05, 4.69) is 20.8 Å². The Balaban J connectivity index is 1.90. The van der Waals surface area contributed by atoms with E-state index in [9.17, 15) is 0 Å². The van der Waals surface area contributed by atoms with Gasteiger partial charge in [-0.15, -0.1) is 0 Å². The maximum absolute atomic E-state index is 2.44. The molecule has 0 nitrogen and oxygen atoms in total. The summed E-state index contributed by atoms with van der Waals surface area (Å²) in [6.45, 7) is 7.27. The zero-order chi connectivity index (χ0) is 10.6. The molecule has 0 saturated heterocycles. The lowest BCUT2D eigenvalue weighted by Crippen LogP contribution is -2.17. The summed E-state index contributed by atoms with van der Waals surface area (Å²) < 4.78 is 0. The molecule has 3 aliphatic rings. The zero-order valence-corrected chi connectivity index (χ0v) is 10.4. The lowest BCUT2D eigenvalue weighted by atomic mass is 9.77. The summed E-state index contributed by atoms with van der Waals surface area (Å²) in [6.07, 6.45) is 7.53. The Morgan fingerprint density at radius 2 is 1.93 bits per heavy atom. The van der Waals surface area contributed by atoms with E-state index in [0.717, 1.165) is 29.6 Å². The number of rotatable bonds is 1. The van der Waals surface area contributed by atoms with Gasteiger partial charge in [-0.2, -0.15) is 0 Å². The van der Waals surface area contributed by atoms with Crippen molar-refractivity contribution >= 4 is 0 Å². The van der Waals surface area contributed by atoms with E-state index in [1.807, 2.05) is 11.1 Å². The fourth-order valence-electron chi connectivity index (χ4n) is 4.46. The number of fused-ring (bicyclic) bond motifs is 4. The van der Waals surface area contributed by atoms with Crippen LogP contribution >= 0.6 is 0 Å². The molecule has 0 heterocycles. The van der Waals surface area contributed by atoms with Gasteiger partial charge in [0.15, 0.2) is 0 Å². The Morgan fingerprint density at radius 3 is 2.67 bits per heavy atom. The van der Waals surface area contributed by atoms with E-state index in [-0.39, 0.29) is 0 Å². The monoisotopic (exact) mass is 204 g/mol. The smallest absolute Gasteiger partial charge is 0.0169 e. The molecule has 2 unspecified atom stereocenters. The van der Waals surface area contributed by atoms with E-state index in [4.69, 9.17) is 0 Å². The molecule has 0 aliphatic heterocycles. The summed E-state index contributed by atoms with van der Waals surface area (Å²) in [6, 6.07) is 0. The minimum Gasteiger partial charge on any atom is -0.0707 e. The van der Waals surface area contributed by atoms with Crippen LogP contribution < -0.4 is 0 Å². The molecule has 0 N–H and O–H groups in total. The van der Waals surface area contributed by atoms with Crippen LogP contribution in [0.15, 0.2) is 11.1 Å². The van der Waals surface area contributed by atoms with E-state index in [1.165, 1.54) is 32.1 Å². The summed E-state index contributed by atoms with van der Waals surface area (Å²) in [5.74, 6) is 4.98. The normalized spacial score (nSPS) is 44.0. The van der Waals surface area contributed by atoms with Gasteiger partial charge in [0.2, 0.25) is 0 Å². The van der Waals surface area contributed by atoms with Crippen molar-refractivity contribution in [2.45, 2.75) is 52.9 Å². The van der Waals surface area contributed by atoms with Crippen LogP contribution in [0.5, 0.6) is 0 Å². The van der Waals surface area contributed by atoms with Crippen molar-refractivity contribution in [1.82, 2.24) is 0 Å². The van der Waals surface area contributed by atoms with Crippen molar-refractivity contribution in [3.8, 4) is 0 Å². The topological polar surface area (TPSA) is 0 Å². The van der Waals surface area contributed by atoms with Crippen molar-refractivity contribution in [3.05, 3.63) is 11.1 Å². The van der Waals surface area contributed by atoms with Gasteiger partial charge in [0.05, 0.1) is 0 Å². The average molecular weight is 204 g/mol. The fraction of sp³-hybridized carbons (Fsp3) is 0.867. The molecule has 2 fully saturated rings. The molecule has 2 saturated carbocycles. The largest absolute Gasteiger partial charge is 0.0707 e. The Hall–Kier alpha value is -0.260. The molecular formula is C15H24. The molecule has 0 amide bonds. The summed E-state index contributed by atoms with van der Waals surface area (Å²) in [5.41, 5.74) is 3.73. The maximum atomic E-state index is 2.44. The van der Waals surface area contributed by atoms with Gasteiger partial charge < -0.3 is 0 Å². The predicted octanol–water partition coefficient (Wildman–Crippen LogP) is 4.42. The van der Waals surface area contributed by atoms with E-state index in [1.54, 1.807) is 0 Å². The van der Waals surface area contributed by atoms with Crippen LogP contribution in [0.1, 0.15) is 52.9 Å². The fourth-order valence-corrected chi connectivity index (χ4v) is 4.46. The third kappa shape index (κ3) is 1.40. The lowest BCUT2D eigenvalue weighted by molar-refractivity contribution is 0.315. The first-order valence-corrected chi connectivity index (χ1v) is 6.86. The second-order valence-electron chi connectivity index (χ2n) is 6.53. The third-order valence-corrected chi connectivity index (χ3v) is 5.59. The Labute approximate surface area is 94.1 Å². The molecular weight excluding hydrogens is 180 g/mol. The van der Waals surface area contributed by atoms with Crippen LogP contribution in [0, 0.1) is 29.6 Å². The van der Waals surface area contributed by atoms with Crippen molar-refractivity contribution in [1.29, 1.82) is 0 Å². The molecule has 0 aromatic heterocycles. The SMILES string of the molecule is CC1=C2CC(C(C)C)CC2[C@H]2CC[C@@H]1C2. The molecule has 3 aliphatic carbocycles. The molecule has 0 radical (unpaired) electrons. The number of hydrogen-bond donors (Lipinski definition) is 0. The van der Waals surface area contributed by atoms with Crippen LogP contribution in [0.2, 0.25) is 0 Å². The Kier molecular flexibility index (Phi) is 2.23. The van der Waals surface area contributed by atoms with Crippen LogP contribution in [0.3, 0.4) is 0 Å². The summed E-state index contributed by atoms with van der Waals surface area (Å²) >= 11 is 0. The molecule has 4 atom stereocenters. The van der Waals surface area contributed by atoms with Crippen LogP contribution in [0.25, 0.3) is 0 Å². The molecule has 15 heavy (non-hydrogen) atoms. The molecule has 0 aromatic rings. The molecule has 0 heteroatoms. The lowest BCUT2D eigenvalue weighted by Gasteiger charge is -2.28. The van der Waals surface area contributed by atoms with E-state index >= 15 is 0 Å². The highest BCUT2D eigenvalue weighted by Crippen LogP contribution is 2.56. The van der Waals surface area contributed by atoms with Gasteiger partial charge in [-0.3, -0.25) is 0 Å². The van der Waals surface area contributed by atoms with Gasteiger partial charge in [0, 0.05) is 0 Å². The second kappa shape index (κ2) is 3.37. The maximum Gasteiger partial charge on any atom is -0.0169 e. The van der Waals surface area contributed by atoms with Crippen molar-refractivity contribution in [2.75, 3.05) is 0 Å². The average Bonchev–Trinajstić information content (AvgIpc) is 2.81. The van der Waals surface area contributed by atoms with Crippen LogP contribution in [-0.4, -0.2) is 0 Å². The van der Waals surface area contributed by atoms with Crippen LogP contribution in [-0.2, 0) is 0 Å². The first kappa shape index (κ1) is 9.93. The first-order valence-electron chi connectivity index (χ1n) is 6.86. The molecule has 0 aromatic carbocycles. The standard InChI is InChI=1S/C15H24/c1-9(2)13-7-14-10(3)11-4-5-12(6-11)15(14)8-13/h9,11-13,15H,4-8H2,1-3H3/t11-,12+,13?,15?/m1/s1. The van der Waals surface area contributed by atoms with Gasteiger partial charge in [-0.1, -0.05) is 25.0 Å². The minimum atomic E-state index is 0.898. The highest BCUT2D eigenvalue weighted by Gasteiger charge is 2.44. The van der Waals surface area contributed by atoms with Gasteiger partial charge in [-0.05, 0) is 68.6 Å². The Morgan fingerprint density at radius 1 is 1.13 bits per heavy atom. The molecule has 2 bridgehead atoms. The molecule has 0 spiro atoms. The van der Waals surface area contributed by atoms with Crippen molar-refractivity contribution in [2.24, 2.45) is 29.6 Å². The third-order valence-electron chi connectivity index (χ3n) is 5.59. The van der Waals surface area contributed by atoms with Gasteiger partial charge in [-0.25, -0.2) is 0 Å². The van der Waals surface area contributed by atoms with Gasteiger partial charge >= 0.3 is 0 Å². The first-order chi connectivity index (χ1) is 7.16. The summed E-state index contributed by atoms with van der Waals surface area (Å²) in [4.78, 5) is 0. The predicted molar refractivity (Wildman–Crippen MR) is 64.6 cm³/mol. The second-order valence-corrected chi connectivity index (χ2v) is 6.53. The summed E-state index contributed by atoms with van der Waals surface area (Å²) in [5, 5.41) is 0. The van der Waals surface area contributed by atoms with Gasteiger partial charge in [0.25, 0.3) is 0 Å². The minimum absolute atomic E-state index is 0.898. The Bertz CT molecular complexity index is 297. The highest BCUT2D eigenvalue weighted by atomic mass is 14.5. The van der Waals surface area contributed by atoms with Crippen molar-refractivity contribution < 1.29 is 0 Å².